The molecule has 3 rings (SSSR count). The minimum Gasteiger partial charge on any atom is -0.463 e. The van der Waals surface area contributed by atoms with Crippen LogP contribution in [0.5, 0.6) is 5.75 Å². The van der Waals surface area contributed by atoms with Gasteiger partial charge < -0.3 is 19.8 Å². The van der Waals surface area contributed by atoms with Gasteiger partial charge in [0.25, 0.3) is 0 Å². The first kappa shape index (κ1) is 28.9. The molecule has 0 unspecified atom stereocenters. The Morgan fingerprint density at radius 3 is 2.59 bits per heavy atom. The molecule has 1 atom stereocenters. The minimum atomic E-state index is -1.34. The number of thiazole rings is 1. The van der Waals surface area contributed by atoms with Gasteiger partial charge in [0, 0.05) is 29.9 Å². The highest BCUT2D eigenvalue weighted by atomic mass is 35.5. The molecule has 3 aromatic rings. The fourth-order valence-electron chi connectivity index (χ4n) is 4.19. The zero-order valence-corrected chi connectivity index (χ0v) is 23.5. The molecule has 8 heteroatoms. The van der Waals surface area contributed by atoms with E-state index in [2.05, 4.69) is 12.8 Å². The van der Waals surface area contributed by atoms with Crippen molar-refractivity contribution in [2.45, 2.75) is 72.3 Å². The lowest BCUT2D eigenvalue weighted by Crippen LogP contribution is -2.29. The van der Waals surface area contributed by atoms with Gasteiger partial charge in [-0.1, -0.05) is 49.4 Å². The Labute approximate surface area is 227 Å². The summed E-state index contributed by atoms with van der Waals surface area (Å²) in [6.07, 6.45) is 8.46. The lowest BCUT2D eigenvalue weighted by Gasteiger charge is -2.31. The number of aliphatic hydroxyl groups is 2. The van der Waals surface area contributed by atoms with Crippen LogP contribution in [0.1, 0.15) is 67.6 Å². The normalized spacial score (nSPS) is 12.3. The second-order valence-electron chi connectivity index (χ2n) is 9.55. The molecule has 0 amide bonds. The van der Waals surface area contributed by atoms with Gasteiger partial charge in [0.15, 0.2) is 5.13 Å². The number of aliphatic hydroxyl groups excluding tert-OH is 1. The number of nitrogens with zero attached hydrogens (tertiary/aromatic N) is 2. The molecule has 0 radical (unpaired) electrons. The third kappa shape index (κ3) is 7.03. The monoisotopic (exact) mass is 544 g/mol. The van der Waals surface area contributed by atoms with Crippen molar-refractivity contribution in [2.75, 3.05) is 11.4 Å². The zero-order valence-electron chi connectivity index (χ0n) is 21.9. The molecule has 0 spiro atoms. The van der Waals surface area contributed by atoms with Gasteiger partial charge in [0.05, 0.1) is 29.9 Å². The Bertz CT molecular complexity index is 1280. The van der Waals surface area contributed by atoms with Crippen LogP contribution in [-0.2, 0) is 6.61 Å². The number of aromatic nitrogens is 1. The van der Waals surface area contributed by atoms with Crippen molar-refractivity contribution < 1.29 is 19.3 Å². The predicted octanol–water partition coefficient (Wildman–Crippen LogP) is 7.19. The minimum absolute atomic E-state index is 0.184. The Hall–Kier alpha value is -2.63. The summed E-state index contributed by atoms with van der Waals surface area (Å²) < 4.78 is 20.3. The highest BCUT2D eigenvalue weighted by Gasteiger charge is 2.26. The third-order valence-corrected chi connectivity index (χ3v) is 7.33. The van der Waals surface area contributed by atoms with E-state index in [4.69, 9.17) is 27.7 Å². The van der Waals surface area contributed by atoms with Crippen molar-refractivity contribution in [3.63, 3.8) is 0 Å². The van der Waals surface area contributed by atoms with Gasteiger partial charge in [-0.25, -0.2) is 9.37 Å². The summed E-state index contributed by atoms with van der Waals surface area (Å²) >= 11 is 8.16. The van der Waals surface area contributed by atoms with Crippen LogP contribution in [0.2, 0.25) is 5.02 Å². The summed E-state index contributed by atoms with van der Waals surface area (Å²) in [6.45, 7) is 9.05. The number of hydrogen-bond acceptors (Lipinski definition) is 6. The maximum absolute atomic E-state index is 14.6. The highest BCUT2D eigenvalue weighted by molar-refractivity contribution is 7.16. The first-order chi connectivity index (χ1) is 17.5. The molecule has 2 N–H and O–H groups in total. The Morgan fingerprint density at radius 2 is 2.00 bits per heavy atom. The van der Waals surface area contributed by atoms with E-state index in [0.717, 1.165) is 51.7 Å². The Kier molecular flexibility index (Phi) is 9.60. The van der Waals surface area contributed by atoms with Crippen molar-refractivity contribution in [2.24, 2.45) is 0 Å². The van der Waals surface area contributed by atoms with Crippen LogP contribution in [0.3, 0.4) is 0 Å². The smallest absolute Gasteiger partial charge is 0.202 e. The van der Waals surface area contributed by atoms with Crippen LogP contribution in [0.15, 0.2) is 30.3 Å². The molecule has 0 aliphatic heterocycles. The summed E-state index contributed by atoms with van der Waals surface area (Å²) in [4.78, 5) is 7.96. The summed E-state index contributed by atoms with van der Waals surface area (Å²) in [5.74, 6) is 1.47. The number of unbranched alkanes of at least 4 members (excludes halogenated alkanes) is 1. The molecule has 0 fully saturated rings. The predicted molar refractivity (Wildman–Crippen MR) is 150 cm³/mol. The number of anilines is 1. The zero-order chi connectivity index (χ0) is 27.3. The van der Waals surface area contributed by atoms with E-state index >= 15 is 0 Å². The highest BCUT2D eigenvalue weighted by Crippen LogP contribution is 2.41. The van der Waals surface area contributed by atoms with Crippen molar-refractivity contribution in [3.05, 3.63) is 62.7 Å². The molecule has 0 saturated carbocycles. The number of rotatable bonds is 11. The molecule has 1 aromatic heterocycles. The first-order valence-corrected chi connectivity index (χ1v) is 13.5. The SMILES string of the molecule is C#CCN(c1nc(-c2cc(C)c(OC(C)(C)O)cc2Cl)c(C)s1)[C@@H](CCCC)c1ccc(CO)c(F)c1. The molecule has 37 heavy (non-hydrogen) atoms. The molecule has 2 aromatic carbocycles. The summed E-state index contributed by atoms with van der Waals surface area (Å²) in [7, 11) is 0. The lowest BCUT2D eigenvalue weighted by molar-refractivity contribution is -0.105. The van der Waals surface area contributed by atoms with Gasteiger partial charge in [0.1, 0.15) is 11.6 Å². The fourth-order valence-corrected chi connectivity index (χ4v) is 5.40. The molecular formula is C29H34ClFN2O3S. The topological polar surface area (TPSA) is 65.8 Å². The summed E-state index contributed by atoms with van der Waals surface area (Å²) in [6, 6.07) is 8.36. The van der Waals surface area contributed by atoms with E-state index < -0.39 is 11.6 Å². The van der Waals surface area contributed by atoms with Crippen LogP contribution < -0.4 is 9.64 Å². The van der Waals surface area contributed by atoms with E-state index in [-0.39, 0.29) is 18.2 Å². The summed E-state index contributed by atoms with van der Waals surface area (Å²) in [5, 5.41) is 20.6. The van der Waals surface area contributed by atoms with Gasteiger partial charge in [-0.15, -0.1) is 17.8 Å². The van der Waals surface area contributed by atoms with Gasteiger partial charge >= 0.3 is 0 Å². The quantitative estimate of drug-likeness (QED) is 0.197. The van der Waals surface area contributed by atoms with E-state index in [1.807, 2.05) is 30.9 Å². The fraction of sp³-hybridized carbons (Fsp3) is 0.414. The molecule has 5 nitrogen and oxygen atoms in total. The Morgan fingerprint density at radius 1 is 1.27 bits per heavy atom. The molecule has 0 aliphatic rings. The van der Waals surface area contributed by atoms with Crippen LogP contribution in [-0.4, -0.2) is 27.5 Å². The number of terminal acetylenes is 1. The van der Waals surface area contributed by atoms with Crippen LogP contribution >= 0.6 is 22.9 Å². The van der Waals surface area contributed by atoms with Gasteiger partial charge in [0.2, 0.25) is 5.79 Å². The molecule has 0 aliphatic carbocycles. The maximum Gasteiger partial charge on any atom is 0.202 e. The van der Waals surface area contributed by atoms with Crippen molar-refractivity contribution >= 4 is 28.1 Å². The van der Waals surface area contributed by atoms with Crippen LogP contribution in [0.25, 0.3) is 11.3 Å². The number of benzene rings is 2. The van der Waals surface area contributed by atoms with E-state index in [0.29, 0.717) is 17.3 Å². The number of halogens is 2. The number of aryl methyl sites for hydroxylation is 2. The van der Waals surface area contributed by atoms with Crippen LogP contribution in [0, 0.1) is 32.0 Å². The van der Waals surface area contributed by atoms with E-state index in [9.17, 15) is 14.6 Å². The standard InChI is InChI=1S/C29H34ClFN2O3S/c1-7-9-10-25(20-11-12-21(17-34)24(31)15-20)33(13-8-2)28-32-27(19(4)37-28)22-14-18(3)26(16-23(22)30)36-29(5,6)35/h2,11-12,14-16,25,34-35H,7,9-10,13,17H2,1,3-6H3/t25-/m0/s1. The average Bonchev–Trinajstić information content (AvgIpc) is 3.20. The van der Waals surface area contributed by atoms with Gasteiger partial charge in [-0.2, -0.15) is 0 Å². The lowest BCUT2D eigenvalue weighted by atomic mass is 9.98. The van der Waals surface area contributed by atoms with Crippen molar-refractivity contribution in [1.82, 2.24) is 4.98 Å². The first-order valence-electron chi connectivity index (χ1n) is 12.3. The molecular weight excluding hydrogens is 511 g/mol. The second-order valence-corrected chi connectivity index (χ2v) is 11.1. The molecule has 198 valence electrons. The van der Waals surface area contributed by atoms with Crippen LogP contribution in [0.4, 0.5) is 9.52 Å². The molecule has 0 bridgehead atoms. The van der Waals surface area contributed by atoms with E-state index in [1.165, 1.54) is 17.4 Å². The largest absolute Gasteiger partial charge is 0.463 e. The number of hydrogen-bond donors (Lipinski definition) is 2. The maximum atomic E-state index is 14.6. The Balaban J connectivity index is 2.06. The van der Waals surface area contributed by atoms with Crippen molar-refractivity contribution in [3.8, 4) is 29.4 Å². The second kappa shape index (κ2) is 12.3. The van der Waals surface area contributed by atoms with Gasteiger partial charge in [-0.05, 0) is 49.6 Å². The molecule has 0 saturated heterocycles. The molecule has 1 heterocycles. The summed E-state index contributed by atoms with van der Waals surface area (Å²) in [5.41, 5.74) is 3.36. The van der Waals surface area contributed by atoms with Gasteiger partial charge in [-0.3, -0.25) is 0 Å². The third-order valence-electron chi connectivity index (χ3n) is 6.01. The number of ether oxygens (including phenoxy) is 1. The van der Waals surface area contributed by atoms with Crippen molar-refractivity contribution in [1.29, 1.82) is 0 Å². The van der Waals surface area contributed by atoms with E-state index in [1.54, 1.807) is 26.0 Å². The average molecular weight is 545 g/mol.